The van der Waals surface area contributed by atoms with Gasteiger partial charge in [-0.2, -0.15) is 8.42 Å². The lowest BCUT2D eigenvalue weighted by Gasteiger charge is -2.07. The highest BCUT2D eigenvalue weighted by Gasteiger charge is 2.39. The van der Waals surface area contributed by atoms with E-state index in [1.807, 2.05) is 6.92 Å². The molecule has 1 fully saturated rings. The van der Waals surface area contributed by atoms with Gasteiger partial charge in [0.2, 0.25) is 0 Å². The summed E-state index contributed by atoms with van der Waals surface area (Å²) in [5, 5.41) is 8.96. The number of aryl methyl sites for hydroxylation is 1. The lowest BCUT2D eigenvalue weighted by Crippen LogP contribution is -2.09. The van der Waals surface area contributed by atoms with Crippen LogP contribution in [0.1, 0.15) is 17.2 Å². The molecule has 2 atom stereocenters. The normalized spacial score (nSPS) is 20.6. The van der Waals surface area contributed by atoms with Gasteiger partial charge in [0.05, 0.1) is 6.61 Å². The lowest BCUT2D eigenvalue weighted by molar-refractivity contribution is 0.242. The predicted octanol–water partition coefficient (Wildman–Crippen LogP) is 2.19. The molecule has 0 spiro atoms. The van der Waals surface area contributed by atoms with Crippen LogP contribution in [-0.4, -0.2) is 26.2 Å². The van der Waals surface area contributed by atoms with Crippen molar-refractivity contribution in [2.75, 3.05) is 6.61 Å². The lowest BCUT2D eigenvalue weighted by atomic mass is 10.1. The van der Waals surface area contributed by atoms with Crippen molar-refractivity contribution < 1.29 is 22.4 Å². The third-order valence-corrected chi connectivity index (χ3v) is 4.75. The van der Waals surface area contributed by atoms with Crippen molar-refractivity contribution in [1.82, 2.24) is 0 Å². The number of hydrogen-bond acceptors (Lipinski definition) is 5. The van der Waals surface area contributed by atoms with Gasteiger partial charge in [0.25, 0.3) is 0 Å². The third-order valence-electron chi connectivity index (χ3n) is 3.49. The summed E-state index contributed by atoms with van der Waals surface area (Å²) in [5.74, 6) is 0.241. The minimum Gasteiger partial charge on any atom is -0.394 e. The molecule has 2 aromatic carbocycles. The average Bonchev–Trinajstić information content (AvgIpc) is 3.28. The Balaban J connectivity index is 1.74. The standard InChI is InChI=1S/C16H16O5S/c1-11-2-8-14(9-3-11)22(18,19)21-13-6-4-12(5-7-13)16-15(10-17)20-16/h2-9,15-17H,10H2,1H3/t15-,16+/m1/s1. The summed E-state index contributed by atoms with van der Waals surface area (Å²) in [7, 11) is -3.83. The van der Waals surface area contributed by atoms with E-state index in [1.54, 1.807) is 36.4 Å². The fourth-order valence-corrected chi connectivity index (χ4v) is 3.10. The van der Waals surface area contributed by atoms with E-state index in [0.29, 0.717) is 0 Å². The molecule has 116 valence electrons. The SMILES string of the molecule is Cc1ccc(S(=O)(=O)Oc2ccc([C@@H]3O[C@@H]3CO)cc2)cc1. The molecular weight excluding hydrogens is 304 g/mol. The second-order valence-corrected chi connectivity index (χ2v) is 6.74. The molecule has 0 unspecified atom stereocenters. The molecule has 22 heavy (non-hydrogen) atoms. The van der Waals surface area contributed by atoms with Crippen molar-refractivity contribution in [3.8, 4) is 5.75 Å². The predicted molar refractivity (Wildman–Crippen MR) is 80.1 cm³/mol. The maximum atomic E-state index is 12.2. The van der Waals surface area contributed by atoms with Gasteiger partial charge in [0, 0.05) is 0 Å². The van der Waals surface area contributed by atoms with Crippen LogP contribution >= 0.6 is 0 Å². The molecule has 0 bridgehead atoms. The highest BCUT2D eigenvalue weighted by atomic mass is 32.2. The van der Waals surface area contributed by atoms with Gasteiger partial charge in [0.1, 0.15) is 22.9 Å². The van der Waals surface area contributed by atoms with Crippen LogP contribution < -0.4 is 4.18 Å². The molecule has 6 heteroatoms. The molecule has 0 radical (unpaired) electrons. The summed E-state index contributed by atoms with van der Waals surface area (Å²) in [6, 6.07) is 13.1. The van der Waals surface area contributed by atoms with Crippen molar-refractivity contribution in [1.29, 1.82) is 0 Å². The minimum absolute atomic E-state index is 0.0231. The highest BCUT2D eigenvalue weighted by molar-refractivity contribution is 7.87. The second-order valence-electron chi connectivity index (χ2n) is 5.20. The maximum Gasteiger partial charge on any atom is 0.339 e. The molecule has 0 aliphatic carbocycles. The third kappa shape index (κ3) is 3.14. The minimum atomic E-state index is -3.83. The zero-order valence-electron chi connectivity index (χ0n) is 12.0. The Morgan fingerprint density at radius 2 is 1.73 bits per heavy atom. The first kappa shape index (κ1) is 15.0. The summed E-state index contributed by atoms with van der Waals surface area (Å²) in [6.45, 7) is 1.86. The van der Waals surface area contributed by atoms with Crippen LogP contribution in [-0.2, 0) is 14.9 Å². The van der Waals surface area contributed by atoms with E-state index in [-0.39, 0.29) is 29.5 Å². The molecule has 0 amide bonds. The Bertz CT molecular complexity index is 750. The number of hydrogen-bond donors (Lipinski definition) is 1. The fourth-order valence-electron chi connectivity index (χ4n) is 2.17. The molecule has 1 heterocycles. The first-order chi connectivity index (χ1) is 10.5. The van der Waals surface area contributed by atoms with Gasteiger partial charge in [-0.3, -0.25) is 0 Å². The number of benzene rings is 2. The first-order valence-electron chi connectivity index (χ1n) is 6.87. The van der Waals surface area contributed by atoms with Gasteiger partial charge >= 0.3 is 10.1 Å². The van der Waals surface area contributed by atoms with Gasteiger partial charge in [-0.1, -0.05) is 29.8 Å². The van der Waals surface area contributed by atoms with Crippen LogP contribution in [0.4, 0.5) is 0 Å². The van der Waals surface area contributed by atoms with E-state index in [0.717, 1.165) is 11.1 Å². The van der Waals surface area contributed by atoms with E-state index in [9.17, 15) is 8.42 Å². The monoisotopic (exact) mass is 320 g/mol. The maximum absolute atomic E-state index is 12.2. The first-order valence-corrected chi connectivity index (χ1v) is 8.28. The summed E-state index contributed by atoms with van der Waals surface area (Å²) in [4.78, 5) is 0.119. The van der Waals surface area contributed by atoms with Gasteiger partial charge < -0.3 is 14.0 Å². The Labute approximate surface area is 129 Å². The van der Waals surface area contributed by atoms with E-state index >= 15 is 0 Å². The molecule has 1 aliphatic rings. The van der Waals surface area contributed by atoms with Crippen molar-refractivity contribution in [3.63, 3.8) is 0 Å². The van der Waals surface area contributed by atoms with Crippen LogP contribution in [0.25, 0.3) is 0 Å². The van der Waals surface area contributed by atoms with E-state index in [1.165, 1.54) is 12.1 Å². The number of epoxide rings is 1. The van der Waals surface area contributed by atoms with Gasteiger partial charge in [-0.05, 0) is 36.8 Å². The average molecular weight is 320 g/mol. The molecule has 1 saturated heterocycles. The zero-order valence-corrected chi connectivity index (χ0v) is 12.8. The van der Waals surface area contributed by atoms with Crippen LogP contribution in [0.3, 0.4) is 0 Å². The molecular formula is C16H16O5S. The van der Waals surface area contributed by atoms with Crippen molar-refractivity contribution in [2.45, 2.75) is 24.0 Å². The van der Waals surface area contributed by atoms with E-state index in [2.05, 4.69) is 0 Å². The number of aliphatic hydroxyl groups excluding tert-OH is 1. The topological polar surface area (TPSA) is 76.1 Å². The van der Waals surface area contributed by atoms with Crippen LogP contribution in [0.5, 0.6) is 5.75 Å². The van der Waals surface area contributed by atoms with Crippen LogP contribution in [0, 0.1) is 6.92 Å². The Morgan fingerprint density at radius 1 is 1.09 bits per heavy atom. The van der Waals surface area contributed by atoms with Crippen LogP contribution in [0.15, 0.2) is 53.4 Å². The second kappa shape index (κ2) is 5.72. The summed E-state index contributed by atoms with van der Waals surface area (Å²) in [5.41, 5.74) is 1.87. The summed E-state index contributed by atoms with van der Waals surface area (Å²) < 4.78 is 34.7. The Hall–Kier alpha value is -1.89. The highest BCUT2D eigenvalue weighted by Crippen LogP contribution is 2.38. The molecule has 1 N–H and O–H groups in total. The van der Waals surface area contributed by atoms with Crippen molar-refractivity contribution >= 4 is 10.1 Å². The fraction of sp³-hybridized carbons (Fsp3) is 0.250. The van der Waals surface area contributed by atoms with Crippen molar-refractivity contribution in [2.24, 2.45) is 0 Å². The van der Waals surface area contributed by atoms with E-state index in [4.69, 9.17) is 14.0 Å². The zero-order chi connectivity index (χ0) is 15.7. The molecule has 2 aromatic rings. The quantitative estimate of drug-likeness (QED) is 0.675. The summed E-state index contributed by atoms with van der Waals surface area (Å²) >= 11 is 0. The molecule has 0 saturated carbocycles. The summed E-state index contributed by atoms with van der Waals surface area (Å²) in [6.07, 6.45) is -0.282. The molecule has 5 nitrogen and oxygen atoms in total. The molecule has 1 aliphatic heterocycles. The number of ether oxygens (including phenoxy) is 1. The number of aliphatic hydroxyl groups is 1. The molecule has 3 rings (SSSR count). The van der Waals surface area contributed by atoms with Gasteiger partial charge in [-0.15, -0.1) is 0 Å². The Morgan fingerprint density at radius 3 is 2.27 bits per heavy atom. The molecule has 0 aromatic heterocycles. The van der Waals surface area contributed by atoms with Crippen molar-refractivity contribution in [3.05, 3.63) is 59.7 Å². The van der Waals surface area contributed by atoms with Crippen LogP contribution in [0.2, 0.25) is 0 Å². The largest absolute Gasteiger partial charge is 0.394 e. The smallest absolute Gasteiger partial charge is 0.339 e. The van der Waals surface area contributed by atoms with Gasteiger partial charge in [0.15, 0.2) is 0 Å². The van der Waals surface area contributed by atoms with E-state index < -0.39 is 10.1 Å². The van der Waals surface area contributed by atoms with Gasteiger partial charge in [-0.25, -0.2) is 0 Å². The Kier molecular flexibility index (Phi) is 3.90. The number of rotatable bonds is 5.